The van der Waals surface area contributed by atoms with E-state index in [0.29, 0.717) is 11.4 Å². The monoisotopic (exact) mass is 563 g/mol. The van der Waals surface area contributed by atoms with Crippen LogP contribution < -0.4 is 20.7 Å². The van der Waals surface area contributed by atoms with Gasteiger partial charge in [0.15, 0.2) is 6.10 Å². The van der Waals surface area contributed by atoms with Crippen LogP contribution >= 0.6 is 0 Å². The molecule has 2 fully saturated rings. The summed E-state index contributed by atoms with van der Waals surface area (Å²) in [5.41, 5.74) is -0.934. The molecule has 216 valence electrons. The molecule has 4 amide bonds. The molecule has 10 nitrogen and oxygen atoms in total. The van der Waals surface area contributed by atoms with Crippen molar-refractivity contribution in [2.75, 3.05) is 11.9 Å². The normalized spacial score (nSPS) is 26.2. The third-order valence-corrected chi connectivity index (χ3v) is 8.03. The number of nitrogens with zero attached hydrogens (tertiary/aromatic N) is 2. The van der Waals surface area contributed by atoms with Crippen LogP contribution in [0.15, 0.2) is 24.3 Å². The number of nitriles is 1. The van der Waals surface area contributed by atoms with Gasteiger partial charge in [0.1, 0.15) is 23.9 Å². The van der Waals surface area contributed by atoms with Gasteiger partial charge in [-0.05, 0) is 34.8 Å². The number of nitrogens with one attached hydrogen (secondary N) is 3. The maximum atomic E-state index is 13.6. The molecule has 6 atom stereocenters. The van der Waals surface area contributed by atoms with E-state index in [2.05, 4.69) is 10.6 Å². The molecule has 13 heteroatoms. The predicted molar refractivity (Wildman–Crippen MR) is 135 cm³/mol. The van der Waals surface area contributed by atoms with Crippen LogP contribution in [0, 0.1) is 34.0 Å². The molecule has 3 aliphatic rings. The van der Waals surface area contributed by atoms with Crippen LogP contribution in [0.25, 0.3) is 0 Å². The Bertz CT molecular complexity index is 1270. The van der Waals surface area contributed by atoms with Crippen LogP contribution in [0.4, 0.5) is 18.9 Å². The van der Waals surface area contributed by atoms with E-state index in [4.69, 9.17) is 4.74 Å². The molecule has 40 heavy (non-hydrogen) atoms. The summed E-state index contributed by atoms with van der Waals surface area (Å²) in [6.07, 6.45) is -6.43. The van der Waals surface area contributed by atoms with E-state index < -0.39 is 59.4 Å². The Hall–Kier alpha value is -3.82. The third-order valence-electron chi connectivity index (χ3n) is 8.03. The number of fused-ring (bicyclic) bond motifs is 2. The number of para-hydroxylation sites is 2. The van der Waals surface area contributed by atoms with E-state index in [9.17, 15) is 37.6 Å². The van der Waals surface area contributed by atoms with Crippen LogP contribution in [0.1, 0.15) is 41.0 Å². The van der Waals surface area contributed by atoms with Gasteiger partial charge in [0.05, 0.1) is 11.8 Å². The number of halogens is 3. The zero-order valence-corrected chi connectivity index (χ0v) is 22.8. The van der Waals surface area contributed by atoms with Crippen molar-refractivity contribution in [1.29, 1.82) is 5.26 Å². The predicted octanol–water partition coefficient (Wildman–Crippen LogP) is 2.36. The Labute approximate surface area is 229 Å². The Morgan fingerprint density at radius 1 is 1.20 bits per heavy atom. The van der Waals surface area contributed by atoms with Gasteiger partial charge in [-0.3, -0.25) is 19.2 Å². The highest BCUT2D eigenvalue weighted by atomic mass is 19.4. The second-order valence-electron chi connectivity index (χ2n) is 12.2. The summed E-state index contributed by atoms with van der Waals surface area (Å²) in [5.74, 6) is -4.17. The average Bonchev–Trinajstić information content (AvgIpc) is 3.18. The highest BCUT2D eigenvalue weighted by Crippen LogP contribution is 2.65. The summed E-state index contributed by atoms with van der Waals surface area (Å²) in [6.45, 7) is 8.52. The minimum absolute atomic E-state index is 0.0874. The summed E-state index contributed by atoms with van der Waals surface area (Å²) in [6, 6.07) is 4.93. The number of ether oxygens (including phenoxy) is 1. The SMILES string of the molecule is CC1(C)C2CN(C(=O)[C@@H](NC(=O)C(F)(F)F)C(C)(C)C)C(C(=O)N[C@H](C#N)C[C@@H]3Oc4ccccc4NC3=O)C21. The molecule has 1 aromatic carbocycles. The second-order valence-corrected chi connectivity index (χ2v) is 12.2. The van der Waals surface area contributed by atoms with E-state index in [1.165, 1.54) is 25.7 Å². The number of alkyl halides is 3. The number of benzene rings is 1. The molecule has 1 aliphatic carbocycles. The van der Waals surface area contributed by atoms with Crippen LogP contribution in [-0.2, 0) is 19.2 Å². The van der Waals surface area contributed by atoms with Crippen molar-refractivity contribution in [1.82, 2.24) is 15.5 Å². The number of hydrogen-bond acceptors (Lipinski definition) is 6. The lowest BCUT2D eigenvalue weighted by Gasteiger charge is -2.38. The number of rotatable bonds is 6. The van der Waals surface area contributed by atoms with E-state index in [-0.39, 0.29) is 30.2 Å². The van der Waals surface area contributed by atoms with E-state index in [0.717, 1.165) is 0 Å². The smallest absolute Gasteiger partial charge is 0.471 e. The van der Waals surface area contributed by atoms with Gasteiger partial charge >= 0.3 is 12.1 Å². The summed E-state index contributed by atoms with van der Waals surface area (Å²) in [7, 11) is 0. The van der Waals surface area contributed by atoms with Crippen molar-refractivity contribution < 1.29 is 37.1 Å². The lowest BCUT2D eigenvalue weighted by molar-refractivity contribution is -0.176. The van der Waals surface area contributed by atoms with Crippen LogP contribution in [-0.4, -0.2) is 65.5 Å². The quantitative estimate of drug-likeness (QED) is 0.486. The van der Waals surface area contributed by atoms with Gasteiger partial charge in [0, 0.05) is 13.0 Å². The van der Waals surface area contributed by atoms with Gasteiger partial charge in [0.2, 0.25) is 11.8 Å². The standard InChI is InChI=1S/C27H32F3N5O5/c1-25(2,3)20(34-24(39)27(28,29)30)23(38)35-12-14-18(26(14,4)5)19(35)22(37)32-13(11-31)10-17-21(36)33-15-8-6-7-9-16(15)40-17/h6-9,13-14,17-20H,10,12H2,1-5H3,(H,32,37)(H,33,36)(H,34,39)/t13-,14?,17-,18?,19?,20+/m0/s1. The third kappa shape index (κ3) is 5.44. The summed E-state index contributed by atoms with van der Waals surface area (Å²) in [4.78, 5) is 52.7. The topological polar surface area (TPSA) is 141 Å². The molecule has 4 rings (SSSR count). The van der Waals surface area contributed by atoms with Crippen molar-refractivity contribution in [2.24, 2.45) is 22.7 Å². The molecule has 0 bridgehead atoms. The second kappa shape index (κ2) is 9.98. The van der Waals surface area contributed by atoms with Crippen molar-refractivity contribution in [3.63, 3.8) is 0 Å². The fraction of sp³-hybridized carbons (Fsp3) is 0.593. The Morgan fingerprint density at radius 2 is 1.85 bits per heavy atom. The number of amides is 4. The zero-order chi connectivity index (χ0) is 29.8. The average molecular weight is 564 g/mol. The van der Waals surface area contributed by atoms with Crippen LogP contribution in [0.3, 0.4) is 0 Å². The minimum Gasteiger partial charge on any atom is -0.478 e. The number of piperidine rings is 1. The number of anilines is 1. The van der Waals surface area contributed by atoms with Gasteiger partial charge in [-0.1, -0.05) is 46.8 Å². The molecule has 0 aromatic heterocycles. The first kappa shape index (κ1) is 29.2. The molecule has 1 saturated heterocycles. The van der Waals surface area contributed by atoms with Crippen molar-refractivity contribution in [2.45, 2.75) is 71.4 Å². The summed E-state index contributed by atoms with van der Waals surface area (Å²) >= 11 is 0. The van der Waals surface area contributed by atoms with E-state index in [1.807, 2.05) is 19.9 Å². The van der Waals surface area contributed by atoms with Gasteiger partial charge in [0.25, 0.3) is 5.91 Å². The van der Waals surface area contributed by atoms with Crippen LogP contribution in [0.5, 0.6) is 5.75 Å². The Morgan fingerprint density at radius 3 is 2.45 bits per heavy atom. The largest absolute Gasteiger partial charge is 0.478 e. The lowest BCUT2D eigenvalue weighted by Crippen LogP contribution is -2.61. The van der Waals surface area contributed by atoms with Crippen LogP contribution in [0.2, 0.25) is 0 Å². The van der Waals surface area contributed by atoms with Gasteiger partial charge < -0.3 is 25.6 Å². The fourth-order valence-corrected chi connectivity index (χ4v) is 5.70. The Kier molecular flexibility index (Phi) is 7.28. The van der Waals surface area contributed by atoms with E-state index in [1.54, 1.807) is 29.6 Å². The number of carbonyl (C=O) groups excluding carboxylic acids is 4. The molecule has 0 radical (unpaired) electrons. The molecular weight excluding hydrogens is 531 g/mol. The maximum Gasteiger partial charge on any atom is 0.471 e. The molecule has 1 saturated carbocycles. The Balaban J connectivity index is 1.52. The number of likely N-dealkylation sites (tertiary alicyclic amines) is 1. The lowest BCUT2D eigenvalue weighted by atomic mass is 9.85. The first-order valence-corrected chi connectivity index (χ1v) is 12.9. The first-order valence-electron chi connectivity index (χ1n) is 12.9. The maximum absolute atomic E-state index is 13.6. The van der Waals surface area contributed by atoms with Gasteiger partial charge in [-0.25, -0.2) is 0 Å². The van der Waals surface area contributed by atoms with E-state index >= 15 is 0 Å². The minimum atomic E-state index is -5.19. The molecule has 1 aromatic rings. The fourth-order valence-electron chi connectivity index (χ4n) is 5.70. The number of carbonyl (C=O) groups is 4. The van der Waals surface area contributed by atoms with Gasteiger partial charge in [-0.15, -0.1) is 0 Å². The molecule has 2 aliphatic heterocycles. The summed E-state index contributed by atoms with van der Waals surface area (Å²) < 4.78 is 44.8. The van der Waals surface area contributed by atoms with Crippen molar-refractivity contribution in [3.8, 4) is 11.8 Å². The molecule has 0 spiro atoms. The van der Waals surface area contributed by atoms with Crippen molar-refractivity contribution >= 4 is 29.3 Å². The van der Waals surface area contributed by atoms with Gasteiger partial charge in [-0.2, -0.15) is 18.4 Å². The molecule has 3 unspecified atom stereocenters. The summed E-state index contributed by atoms with van der Waals surface area (Å²) in [5, 5.41) is 16.9. The molecule has 3 N–H and O–H groups in total. The highest BCUT2D eigenvalue weighted by molar-refractivity contribution is 5.98. The first-order chi connectivity index (χ1) is 18.5. The highest BCUT2D eigenvalue weighted by Gasteiger charge is 2.70. The number of hydrogen-bond donors (Lipinski definition) is 3. The zero-order valence-electron chi connectivity index (χ0n) is 22.8. The molecular formula is C27H32F3N5O5. The van der Waals surface area contributed by atoms with Crippen molar-refractivity contribution in [3.05, 3.63) is 24.3 Å². The molecule has 2 heterocycles.